The number of pyridine rings is 1. The Kier molecular flexibility index (Phi) is 6.43. The molecule has 0 aliphatic rings. The van der Waals surface area contributed by atoms with Crippen molar-refractivity contribution in [2.75, 3.05) is 0 Å². The molecule has 0 saturated carbocycles. The number of hydrogen-bond acceptors (Lipinski definition) is 3. The predicted octanol–water partition coefficient (Wildman–Crippen LogP) is 5.68. The van der Waals surface area contributed by atoms with Crippen molar-refractivity contribution < 1.29 is 14.6 Å². The molecule has 0 aliphatic carbocycles. The molecule has 2 aromatic carbocycles. The number of rotatable bonds is 8. The Balaban J connectivity index is 1.92. The number of aryl methyl sites for hydroxylation is 3. The van der Waals surface area contributed by atoms with Gasteiger partial charge in [-0.1, -0.05) is 32.0 Å². The number of aromatic nitrogens is 1. The minimum absolute atomic E-state index is 0.134. The molecule has 4 nitrogen and oxygen atoms in total. The summed E-state index contributed by atoms with van der Waals surface area (Å²) >= 11 is 0. The van der Waals surface area contributed by atoms with Crippen molar-refractivity contribution in [1.82, 2.24) is 4.98 Å². The molecule has 0 aliphatic heterocycles. The first-order chi connectivity index (χ1) is 13.6. The molecule has 3 aromatic rings. The third-order valence-corrected chi connectivity index (χ3v) is 4.79. The van der Waals surface area contributed by atoms with Crippen molar-refractivity contribution in [1.29, 1.82) is 0 Å². The van der Waals surface area contributed by atoms with Crippen LogP contribution in [0.15, 0.2) is 60.8 Å². The summed E-state index contributed by atoms with van der Waals surface area (Å²) in [6.45, 7) is 4.19. The maximum atomic E-state index is 10.9. The van der Waals surface area contributed by atoms with Gasteiger partial charge in [0.25, 0.3) is 0 Å². The number of hydrogen-bond donors (Lipinski definition) is 1. The summed E-state index contributed by atoms with van der Waals surface area (Å²) in [7, 11) is 0. The summed E-state index contributed by atoms with van der Waals surface area (Å²) < 4.78 is 6.23. The molecule has 0 atom stereocenters. The number of carboxylic acids is 1. The molecule has 0 bridgehead atoms. The SMILES string of the molecule is CCc1ccc(Oc2ccc(CCC(=O)O)c(CC)c2)c(-c2ccccn2)c1. The summed E-state index contributed by atoms with van der Waals surface area (Å²) in [5, 5.41) is 8.94. The molecular weight excluding hydrogens is 350 g/mol. The summed E-state index contributed by atoms with van der Waals surface area (Å²) in [5.41, 5.74) is 5.24. The van der Waals surface area contributed by atoms with Crippen molar-refractivity contribution in [2.45, 2.75) is 39.5 Å². The summed E-state index contributed by atoms with van der Waals surface area (Å²) in [6.07, 6.45) is 4.22. The third kappa shape index (κ3) is 4.77. The van der Waals surface area contributed by atoms with E-state index in [-0.39, 0.29) is 6.42 Å². The van der Waals surface area contributed by atoms with Crippen LogP contribution in [0.25, 0.3) is 11.3 Å². The Morgan fingerprint density at radius 3 is 2.54 bits per heavy atom. The number of aliphatic carboxylic acids is 1. The summed E-state index contributed by atoms with van der Waals surface area (Å²) in [6, 6.07) is 17.9. The second-order valence-corrected chi connectivity index (χ2v) is 6.68. The van der Waals surface area contributed by atoms with Crippen LogP contribution in [-0.4, -0.2) is 16.1 Å². The first kappa shape index (κ1) is 19.6. The predicted molar refractivity (Wildman–Crippen MR) is 111 cm³/mol. The largest absolute Gasteiger partial charge is 0.481 e. The summed E-state index contributed by atoms with van der Waals surface area (Å²) in [4.78, 5) is 15.4. The standard InChI is InChI=1S/C24H25NO3/c1-3-17-8-12-23(21(15-17)22-7-5-6-14-25-22)28-20-11-9-19(10-13-24(26)27)18(4-2)16-20/h5-9,11-12,14-16H,3-4,10,13H2,1-2H3,(H,26,27). The normalized spacial score (nSPS) is 10.6. The Labute approximate surface area is 165 Å². The van der Waals surface area contributed by atoms with Crippen LogP contribution in [0.3, 0.4) is 0 Å². The molecule has 1 aromatic heterocycles. The van der Waals surface area contributed by atoms with Gasteiger partial charge in [-0.2, -0.15) is 0 Å². The molecule has 0 fully saturated rings. The topological polar surface area (TPSA) is 59.4 Å². The van der Waals surface area contributed by atoms with E-state index in [0.717, 1.165) is 46.7 Å². The maximum Gasteiger partial charge on any atom is 0.303 e. The second kappa shape index (κ2) is 9.18. The highest BCUT2D eigenvalue weighted by atomic mass is 16.5. The Hall–Kier alpha value is -3.14. The molecule has 1 N–H and O–H groups in total. The van der Waals surface area contributed by atoms with Crippen LogP contribution < -0.4 is 4.74 Å². The lowest BCUT2D eigenvalue weighted by atomic mass is 10.0. The van der Waals surface area contributed by atoms with Crippen LogP contribution in [0.4, 0.5) is 0 Å². The van der Waals surface area contributed by atoms with E-state index in [0.29, 0.717) is 6.42 Å². The van der Waals surface area contributed by atoms with Gasteiger partial charge >= 0.3 is 5.97 Å². The molecular formula is C24H25NO3. The quantitative estimate of drug-likeness (QED) is 0.550. The summed E-state index contributed by atoms with van der Waals surface area (Å²) in [5.74, 6) is 0.729. The van der Waals surface area contributed by atoms with Crippen LogP contribution in [-0.2, 0) is 24.1 Å². The molecule has 0 spiro atoms. The van der Waals surface area contributed by atoms with Crippen LogP contribution in [0.2, 0.25) is 0 Å². The fourth-order valence-corrected chi connectivity index (χ4v) is 3.22. The van der Waals surface area contributed by atoms with E-state index in [2.05, 4.69) is 31.0 Å². The molecule has 4 heteroatoms. The highest BCUT2D eigenvalue weighted by Gasteiger charge is 2.11. The van der Waals surface area contributed by atoms with Crippen molar-refractivity contribution in [3.05, 3.63) is 77.5 Å². The smallest absolute Gasteiger partial charge is 0.303 e. The van der Waals surface area contributed by atoms with Gasteiger partial charge in [0, 0.05) is 18.2 Å². The molecule has 0 saturated heterocycles. The molecule has 0 radical (unpaired) electrons. The first-order valence-corrected chi connectivity index (χ1v) is 9.66. The number of nitrogens with zero attached hydrogens (tertiary/aromatic N) is 1. The van der Waals surface area contributed by atoms with Gasteiger partial charge in [-0.3, -0.25) is 9.78 Å². The van der Waals surface area contributed by atoms with E-state index < -0.39 is 5.97 Å². The van der Waals surface area contributed by atoms with E-state index in [1.54, 1.807) is 6.20 Å². The van der Waals surface area contributed by atoms with Gasteiger partial charge < -0.3 is 9.84 Å². The zero-order valence-corrected chi connectivity index (χ0v) is 16.3. The second-order valence-electron chi connectivity index (χ2n) is 6.68. The van der Waals surface area contributed by atoms with Crippen molar-refractivity contribution in [3.63, 3.8) is 0 Å². The zero-order valence-electron chi connectivity index (χ0n) is 16.3. The fraction of sp³-hybridized carbons (Fsp3) is 0.250. The zero-order chi connectivity index (χ0) is 19.9. The van der Waals surface area contributed by atoms with Gasteiger partial charge in [-0.15, -0.1) is 0 Å². The molecule has 0 amide bonds. The lowest BCUT2D eigenvalue weighted by Gasteiger charge is -2.14. The highest BCUT2D eigenvalue weighted by Crippen LogP contribution is 2.34. The minimum Gasteiger partial charge on any atom is -0.481 e. The highest BCUT2D eigenvalue weighted by molar-refractivity contribution is 5.69. The third-order valence-electron chi connectivity index (χ3n) is 4.79. The fourth-order valence-electron chi connectivity index (χ4n) is 3.22. The Bertz CT molecular complexity index is 951. The first-order valence-electron chi connectivity index (χ1n) is 9.66. The molecule has 28 heavy (non-hydrogen) atoms. The van der Waals surface area contributed by atoms with E-state index in [1.165, 1.54) is 5.56 Å². The number of ether oxygens (including phenoxy) is 1. The van der Waals surface area contributed by atoms with Gasteiger partial charge in [0.05, 0.1) is 5.69 Å². The Morgan fingerprint density at radius 2 is 1.86 bits per heavy atom. The van der Waals surface area contributed by atoms with Crippen molar-refractivity contribution in [2.24, 2.45) is 0 Å². The van der Waals surface area contributed by atoms with E-state index in [4.69, 9.17) is 9.84 Å². The van der Waals surface area contributed by atoms with E-state index in [9.17, 15) is 4.79 Å². The minimum atomic E-state index is -0.779. The lowest BCUT2D eigenvalue weighted by Crippen LogP contribution is -2.01. The number of benzene rings is 2. The average Bonchev–Trinajstić information content (AvgIpc) is 2.73. The lowest BCUT2D eigenvalue weighted by molar-refractivity contribution is -0.136. The van der Waals surface area contributed by atoms with Crippen LogP contribution in [0, 0.1) is 0 Å². The van der Waals surface area contributed by atoms with Crippen LogP contribution in [0.5, 0.6) is 11.5 Å². The number of carbonyl (C=O) groups is 1. The van der Waals surface area contributed by atoms with E-state index in [1.807, 2.05) is 42.5 Å². The van der Waals surface area contributed by atoms with Gasteiger partial charge in [0.2, 0.25) is 0 Å². The molecule has 3 rings (SSSR count). The van der Waals surface area contributed by atoms with Gasteiger partial charge in [-0.25, -0.2) is 0 Å². The average molecular weight is 375 g/mol. The van der Waals surface area contributed by atoms with Gasteiger partial charge in [-0.05, 0) is 72.4 Å². The van der Waals surface area contributed by atoms with Crippen LogP contribution >= 0.6 is 0 Å². The van der Waals surface area contributed by atoms with Crippen LogP contribution in [0.1, 0.15) is 37.0 Å². The van der Waals surface area contributed by atoms with Crippen molar-refractivity contribution >= 4 is 5.97 Å². The molecule has 1 heterocycles. The van der Waals surface area contributed by atoms with Gasteiger partial charge in [0.1, 0.15) is 11.5 Å². The monoisotopic (exact) mass is 375 g/mol. The maximum absolute atomic E-state index is 10.9. The van der Waals surface area contributed by atoms with E-state index >= 15 is 0 Å². The molecule has 144 valence electrons. The van der Waals surface area contributed by atoms with Crippen molar-refractivity contribution in [3.8, 4) is 22.8 Å². The molecule has 0 unspecified atom stereocenters. The number of carboxylic acid groups (broad SMARTS) is 1. The Morgan fingerprint density at radius 1 is 1.00 bits per heavy atom. The van der Waals surface area contributed by atoms with Gasteiger partial charge in [0.15, 0.2) is 0 Å².